The smallest absolute Gasteiger partial charge is 0.376 e. The van der Waals surface area contributed by atoms with Gasteiger partial charge >= 0.3 is 6.18 Å². The highest BCUT2D eigenvalue weighted by atomic mass is 32.2. The molecule has 7 nitrogen and oxygen atoms in total. The lowest BCUT2D eigenvalue weighted by atomic mass is 9.95. The van der Waals surface area contributed by atoms with Crippen molar-refractivity contribution in [1.82, 2.24) is 9.21 Å². The Labute approximate surface area is 207 Å². The van der Waals surface area contributed by atoms with Crippen LogP contribution in [-0.4, -0.2) is 73.6 Å². The second kappa shape index (κ2) is 10.5. The minimum absolute atomic E-state index is 0.121. The third kappa shape index (κ3) is 5.82. The van der Waals surface area contributed by atoms with E-state index >= 15 is 0 Å². The monoisotopic (exact) mass is 533 g/mol. The van der Waals surface area contributed by atoms with Crippen molar-refractivity contribution in [3.8, 4) is 0 Å². The molecule has 35 heavy (non-hydrogen) atoms. The molecule has 12 heteroatoms. The Hall–Kier alpha value is -2.15. The van der Waals surface area contributed by atoms with Crippen molar-refractivity contribution in [2.75, 3.05) is 37.6 Å². The third-order valence-corrected chi connectivity index (χ3v) is 9.46. The topological polar surface area (TPSA) is 81.2 Å². The maximum atomic E-state index is 13.2. The number of anilines is 1. The summed E-state index contributed by atoms with van der Waals surface area (Å²) in [7, 11) is -3.70. The number of piperazine rings is 1. The van der Waals surface area contributed by atoms with Gasteiger partial charge in [-0.1, -0.05) is 25.1 Å². The van der Waals surface area contributed by atoms with E-state index in [1.165, 1.54) is 35.5 Å². The first kappa shape index (κ1) is 27.4. The van der Waals surface area contributed by atoms with Gasteiger partial charge in [-0.25, -0.2) is 8.42 Å². The van der Waals surface area contributed by atoms with Crippen LogP contribution in [0.15, 0.2) is 46.0 Å². The molecule has 0 bridgehead atoms. The zero-order valence-corrected chi connectivity index (χ0v) is 21.5. The molecule has 0 spiro atoms. The summed E-state index contributed by atoms with van der Waals surface area (Å²) in [4.78, 5) is 15.8. The molecule has 1 unspecified atom stereocenters. The normalized spacial score (nSPS) is 19.4. The summed E-state index contributed by atoms with van der Waals surface area (Å²) in [6.45, 7) is 5.47. The predicted octanol–water partition coefficient (Wildman–Crippen LogP) is 3.66. The van der Waals surface area contributed by atoms with Crippen molar-refractivity contribution >= 4 is 33.0 Å². The van der Waals surface area contributed by atoms with Crippen LogP contribution in [0.4, 0.5) is 18.9 Å². The van der Waals surface area contributed by atoms with E-state index < -0.39 is 27.8 Å². The van der Waals surface area contributed by atoms with Crippen LogP contribution in [0.3, 0.4) is 0 Å². The maximum absolute atomic E-state index is 13.2. The van der Waals surface area contributed by atoms with Crippen molar-refractivity contribution in [3.63, 3.8) is 0 Å². The summed E-state index contributed by atoms with van der Waals surface area (Å²) >= 11 is 1.13. The third-order valence-electron chi connectivity index (χ3n) is 6.22. The molecule has 1 fully saturated rings. The zero-order chi connectivity index (χ0) is 26.0. The first-order valence-corrected chi connectivity index (χ1v) is 13.6. The Bertz CT molecular complexity index is 1100. The van der Waals surface area contributed by atoms with Gasteiger partial charge in [-0.05, 0) is 42.5 Å². The molecule has 194 valence electrons. The Balaban J connectivity index is 1.91. The minimum atomic E-state index is -4.83. The van der Waals surface area contributed by atoms with Crippen LogP contribution in [0.25, 0.3) is 0 Å². The number of halogens is 3. The van der Waals surface area contributed by atoms with E-state index in [4.69, 9.17) is 0 Å². The molecule has 0 radical (unpaired) electrons. The number of benzene rings is 1. The standard InChI is InChI=1S/C23H30F3N3O4S2/c1-4-11-27(17(2)30)15-20-16-28(35(32,33)21-6-5-14-34-21)12-13-29(20)19-9-7-18(8-10-19)22(3,31)23(24,25)26/h5-10,14,20,31H,4,11-13,15-16H2,1-3H3/t20-,22?/m0/s1. The van der Waals surface area contributed by atoms with Crippen LogP contribution in [0, 0.1) is 0 Å². The summed E-state index contributed by atoms with van der Waals surface area (Å²) < 4.78 is 67.6. The van der Waals surface area contributed by atoms with Gasteiger partial charge in [0.2, 0.25) is 5.91 Å². The van der Waals surface area contributed by atoms with Gasteiger partial charge in [0.15, 0.2) is 5.60 Å². The first-order chi connectivity index (χ1) is 16.3. The van der Waals surface area contributed by atoms with Crippen molar-refractivity contribution < 1.29 is 31.5 Å². The van der Waals surface area contributed by atoms with Crippen molar-refractivity contribution in [2.24, 2.45) is 0 Å². The van der Waals surface area contributed by atoms with Gasteiger partial charge < -0.3 is 14.9 Å². The molecule has 1 aliphatic rings. The molecule has 2 atom stereocenters. The van der Waals surface area contributed by atoms with E-state index in [2.05, 4.69) is 0 Å². The van der Waals surface area contributed by atoms with Crippen LogP contribution in [0.1, 0.15) is 32.8 Å². The maximum Gasteiger partial charge on any atom is 0.421 e. The van der Waals surface area contributed by atoms with Gasteiger partial charge in [0.05, 0.1) is 6.04 Å². The lowest BCUT2D eigenvalue weighted by molar-refractivity contribution is -0.258. The molecular formula is C23H30F3N3O4S2. The number of alkyl halides is 3. The van der Waals surface area contributed by atoms with Gasteiger partial charge in [0.25, 0.3) is 10.0 Å². The molecule has 3 rings (SSSR count). The van der Waals surface area contributed by atoms with Crippen LogP contribution in [-0.2, 0) is 20.4 Å². The van der Waals surface area contributed by atoms with Gasteiger partial charge in [-0.3, -0.25) is 4.79 Å². The minimum Gasteiger partial charge on any atom is -0.376 e. The van der Waals surface area contributed by atoms with Gasteiger partial charge in [0.1, 0.15) is 4.21 Å². The molecule has 1 aromatic carbocycles. The Morgan fingerprint density at radius 3 is 2.37 bits per heavy atom. The number of hydrogen-bond acceptors (Lipinski definition) is 6. The molecule has 2 heterocycles. The lowest BCUT2D eigenvalue weighted by Gasteiger charge is -2.44. The van der Waals surface area contributed by atoms with Crippen molar-refractivity contribution in [3.05, 3.63) is 47.3 Å². The van der Waals surface area contributed by atoms with E-state index in [1.54, 1.807) is 22.4 Å². The number of hydrogen-bond donors (Lipinski definition) is 1. The quantitative estimate of drug-likeness (QED) is 0.560. The average Bonchev–Trinajstić information content (AvgIpc) is 3.34. The molecule has 1 amide bonds. The van der Waals surface area contributed by atoms with Gasteiger partial charge in [0, 0.05) is 45.3 Å². The van der Waals surface area contributed by atoms with E-state index in [9.17, 15) is 31.5 Å². The van der Waals surface area contributed by atoms with Crippen LogP contribution in [0.5, 0.6) is 0 Å². The Kier molecular flexibility index (Phi) is 8.19. The van der Waals surface area contributed by atoms with Crippen LogP contribution < -0.4 is 4.90 Å². The number of amides is 1. The van der Waals surface area contributed by atoms with E-state index in [-0.39, 0.29) is 35.3 Å². The highest BCUT2D eigenvalue weighted by Gasteiger charge is 2.51. The van der Waals surface area contributed by atoms with Gasteiger partial charge in [-0.2, -0.15) is 17.5 Å². The van der Waals surface area contributed by atoms with E-state index in [1.807, 2.05) is 11.8 Å². The van der Waals surface area contributed by atoms with Crippen LogP contribution in [0.2, 0.25) is 0 Å². The number of rotatable bonds is 8. The molecule has 0 aliphatic carbocycles. The molecule has 1 aromatic heterocycles. The second-order valence-corrected chi connectivity index (χ2v) is 11.8. The zero-order valence-electron chi connectivity index (χ0n) is 19.8. The van der Waals surface area contributed by atoms with E-state index in [0.29, 0.717) is 25.7 Å². The highest BCUT2D eigenvalue weighted by Crippen LogP contribution is 2.39. The summed E-state index contributed by atoms with van der Waals surface area (Å²) in [5, 5.41) is 11.7. The second-order valence-electron chi connectivity index (χ2n) is 8.72. The number of aliphatic hydroxyl groups is 1. The number of sulfonamides is 1. The number of carbonyl (C=O) groups excluding carboxylic acids is 1. The highest BCUT2D eigenvalue weighted by molar-refractivity contribution is 7.91. The first-order valence-electron chi connectivity index (χ1n) is 11.2. The predicted molar refractivity (Wildman–Crippen MR) is 129 cm³/mol. The SMILES string of the molecule is CCCN(C[C@H]1CN(S(=O)(=O)c2cccs2)CCN1c1ccc(C(C)(O)C(F)(F)F)cc1)C(C)=O. The fourth-order valence-electron chi connectivity index (χ4n) is 4.12. The Morgan fingerprint density at radius 2 is 1.86 bits per heavy atom. The number of nitrogens with zero attached hydrogens (tertiary/aromatic N) is 3. The fraction of sp³-hybridized carbons (Fsp3) is 0.522. The molecule has 1 aliphatic heterocycles. The average molecular weight is 534 g/mol. The van der Waals surface area contributed by atoms with Crippen molar-refractivity contribution in [1.29, 1.82) is 0 Å². The summed E-state index contributed by atoms with van der Waals surface area (Å²) in [6, 6.07) is 8.23. The fourth-order valence-corrected chi connectivity index (χ4v) is 6.73. The summed E-state index contributed by atoms with van der Waals surface area (Å²) in [5.41, 5.74) is -2.70. The molecule has 1 saturated heterocycles. The summed E-state index contributed by atoms with van der Waals surface area (Å²) in [6.07, 6.45) is -4.11. The van der Waals surface area contributed by atoms with E-state index in [0.717, 1.165) is 17.8 Å². The Morgan fingerprint density at radius 1 is 1.20 bits per heavy atom. The number of thiophene rings is 1. The largest absolute Gasteiger partial charge is 0.421 e. The van der Waals surface area contributed by atoms with Crippen molar-refractivity contribution in [2.45, 2.75) is 49.2 Å². The molecule has 0 saturated carbocycles. The summed E-state index contributed by atoms with van der Waals surface area (Å²) in [5.74, 6) is -0.137. The number of carbonyl (C=O) groups is 1. The molecule has 2 aromatic rings. The molecule has 1 N–H and O–H groups in total. The van der Waals surface area contributed by atoms with Gasteiger partial charge in [-0.15, -0.1) is 11.3 Å². The molecular weight excluding hydrogens is 503 g/mol. The lowest BCUT2D eigenvalue weighted by Crippen LogP contribution is -2.58. The van der Waals surface area contributed by atoms with Crippen LogP contribution >= 0.6 is 11.3 Å².